The highest BCUT2D eigenvalue weighted by molar-refractivity contribution is 5.66. The molecule has 4 heteroatoms. The molecular weight excluding hydrogens is 218 g/mol. The number of aliphatic hydroxyl groups excluding tert-OH is 1. The molecule has 1 rings (SSSR count). The summed E-state index contributed by atoms with van der Waals surface area (Å²) in [5, 5.41) is 17.5. The van der Waals surface area contributed by atoms with Crippen LogP contribution in [0, 0.1) is 0 Å². The van der Waals surface area contributed by atoms with Crippen LogP contribution >= 0.6 is 0 Å². The van der Waals surface area contributed by atoms with Crippen LogP contribution in [0.15, 0.2) is 30.3 Å². The van der Waals surface area contributed by atoms with Crippen molar-refractivity contribution in [2.75, 3.05) is 24.6 Å². The molecule has 0 saturated heterocycles. The number of carbonyl (C=O) groups is 1. The topological polar surface area (TPSA) is 60.8 Å². The third kappa shape index (κ3) is 5.36. The SMILES string of the molecule is O=C(O)CCCN(CCCO)c1ccccc1. The van der Waals surface area contributed by atoms with Crippen LogP contribution in [0.5, 0.6) is 0 Å². The van der Waals surface area contributed by atoms with Gasteiger partial charge in [0.1, 0.15) is 0 Å². The van der Waals surface area contributed by atoms with E-state index in [4.69, 9.17) is 10.2 Å². The Hall–Kier alpha value is -1.55. The molecule has 1 aromatic rings. The van der Waals surface area contributed by atoms with Crippen molar-refractivity contribution >= 4 is 11.7 Å². The molecule has 0 radical (unpaired) electrons. The summed E-state index contributed by atoms with van der Waals surface area (Å²) >= 11 is 0. The number of nitrogens with zero attached hydrogens (tertiary/aromatic N) is 1. The predicted molar refractivity (Wildman–Crippen MR) is 67.2 cm³/mol. The predicted octanol–water partition coefficient (Wildman–Crippen LogP) is 1.74. The molecule has 0 spiro atoms. The van der Waals surface area contributed by atoms with Crippen molar-refractivity contribution in [1.29, 1.82) is 0 Å². The summed E-state index contributed by atoms with van der Waals surface area (Å²) in [5.74, 6) is -0.764. The first kappa shape index (κ1) is 13.5. The van der Waals surface area contributed by atoms with Crippen molar-refractivity contribution in [3.63, 3.8) is 0 Å². The highest BCUT2D eigenvalue weighted by atomic mass is 16.4. The maximum Gasteiger partial charge on any atom is 0.303 e. The number of hydrogen-bond acceptors (Lipinski definition) is 3. The first-order valence-corrected chi connectivity index (χ1v) is 5.86. The van der Waals surface area contributed by atoms with Crippen molar-refractivity contribution in [3.05, 3.63) is 30.3 Å². The van der Waals surface area contributed by atoms with Gasteiger partial charge >= 0.3 is 5.97 Å². The standard InChI is InChI=1S/C13H19NO3/c15-11-5-10-14(9-4-8-13(16)17)12-6-2-1-3-7-12/h1-3,6-7,15H,4-5,8-11H2,(H,16,17). The number of carboxylic acid groups (broad SMARTS) is 1. The average Bonchev–Trinajstić information content (AvgIpc) is 2.34. The van der Waals surface area contributed by atoms with E-state index in [1.54, 1.807) is 0 Å². The average molecular weight is 237 g/mol. The second-order valence-electron chi connectivity index (χ2n) is 3.90. The van der Waals surface area contributed by atoms with Crippen molar-refractivity contribution in [2.45, 2.75) is 19.3 Å². The van der Waals surface area contributed by atoms with Crippen molar-refractivity contribution in [1.82, 2.24) is 0 Å². The lowest BCUT2D eigenvalue weighted by Crippen LogP contribution is -2.26. The molecule has 1 aromatic carbocycles. The van der Waals surface area contributed by atoms with E-state index < -0.39 is 5.97 Å². The van der Waals surface area contributed by atoms with Gasteiger partial charge in [0, 0.05) is 31.8 Å². The number of aliphatic carboxylic acids is 1. The van der Waals surface area contributed by atoms with Crippen LogP contribution < -0.4 is 4.90 Å². The molecule has 0 unspecified atom stereocenters. The fraction of sp³-hybridized carbons (Fsp3) is 0.462. The molecule has 0 atom stereocenters. The van der Waals surface area contributed by atoms with E-state index in [0.717, 1.165) is 12.2 Å². The quantitative estimate of drug-likeness (QED) is 0.723. The minimum atomic E-state index is -0.764. The molecule has 94 valence electrons. The summed E-state index contributed by atoms with van der Waals surface area (Å²) in [6.45, 7) is 1.61. The number of aliphatic hydroxyl groups is 1. The number of rotatable bonds is 8. The van der Waals surface area contributed by atoms with Crippen molar-refractivity contribution in [3.8, 4) is 0 Å². The molecule has 4 nitrogen and oxygen atoms in total. The largest absolute Gasteiger partial charge is 0.481 e. The molecule has 0 aliphatic heterocycles. The van der Waals surface area contributed by atoms with Gasteiger partial charge in [-0.15, -0.1) is 0 Å². The van der Waals surface area contributed by atoms with E-state index in [1.165, 1.54) is 0 Å². The molecule has 2 N–H and O–H groups in total. The second kappa shape index (κ2) is 7.68. The maximum atomic E-state index is 10.5. The summed E-state index contributed by atoms with van der Waals surface area (Å²) in [4.78, 5) is 12.6. The van der Waals surface area contributed by atoms with Crippen LogP contribution in [-0.2, 0) is 4.79 Å². The monoisotopic (exact) mass is 237 g/mol. The minimum absolute atomic E-state index is 0.155. The number of hydrogen-bond donors (Lipinski definition) is 2. The zero-order valence-corrected chi connectivity index (χ0v) is 9.88. The fourth-order valence-electron chi connectivity index (χ4n) is 1.69. The molecule has 0 fully saturated rings. The summed E-state index contributed by atoms with van der Waals surface area (Å²) in [5.41, 5.74) is 1.08. The van der Waals surface area contributed by atoms with Gasteiger partial charge in [-0.2, -0.15) is 0 Å². The Morgan fingerprint density at radius 3 is 2.35 bits per heavy atom. The summed E-state index contributed by atoms with van der Waals surface area (Å²) < 4.78 is 0. The van der Waals surface area contributed by atoms with Gasteiger partial charge in [-0.3, -0.25) is 4.79 Å². The second-order valence-corrected chi connectivity index (χ2v) is 3.90. The Balaban J connectivity index is 2.51. The van der Waals surface area contributed by atoms with E-state index in [9.17, 15) is 4.79 Å². The van der Waals surface area contributed by atoms with Crippen LogP contribution in [-0.4, -0.2) is 35.9 Å². The summed E-state index contributed by atoms with van der Waals surface area (Å²) in [6, 6.07) is 9.86. The van der Waals surface area contributed by atoms with Gasteiger partial charge in [-0.25, -0.2) is 0 Å². The van der Waals surface area contributed by atoms with Gasteiger partial charge in [-0.05, 0) is 25.0 Å². The normalized spacial score (nSPS) is 10.2. The molecule has 17 heavy (non-hydrogen) atoms. The van der Waals surface area contributed by atoms with E-state index in [1.807, 2.05) is 30.3 Å². The molecule has 0 saturated carbocycles. The third-order valence-corrected chi connectivity index (χ3v) is 2.53. The fourth-order valence-corrected chi connectivity index (χ4v) is 1.69. The molecule has 0 aliphatic carbocycles. The first-order valence-electron chi connectivity index (χ1n) is 5.86. The Morgan fingerprint density at radius 2 is 1.76 bits per heavy atom. The number of anilines is 1. The van der Waals surface area contributed by atoms with Crippen LogP contribution in [0.3, 0.4) is 0 Å². The molecule has 0 aromatic heterocycles. The summed E-state index contributed by atoms with van der Waals surface area (Å²) in [6.07, 6.45) is 1.50. The number of carboxylic acids is 1. The van der Waals surface area contributed by atoms with E-state index in [2.05, 4.69) is 4.90 Å². The van der Waals surface area contributed by atoms with E-state index in [0.29, 0.717) is 19.4 Å². The van der Waals surface area contributed by atoms with Crippen LogP contribution in [0.2, 0.25) is 0 Å². The maximum absolute atomic E-state index is 10.5. The lowest BCUT2D eigenvalue weighted by atomic mass is 10.2. The van der Waals surface area contributed by atoms with Crippen molar-refractivity contribution < 1.29 is 15.0 Å². The first-order chi connectivity index (χ1) is 8.24. The Kier molecular flexibility index (Phi) is 6.10. The highest BCUT2D eigenvalue weighted by Crippen LogP contribution is 2.14. The Morgan fingerprint density at radius 1 is 1.12 bits per heavy atom. The number of benzene rings is 1. The summed E-state index contributed by atoms with van der Waals surface area (Å²) in [7, 11) is 0. The van der Waals surface area contributed by atoms with E-state index >= 15 is 0 Å². The zero-order valence-electron chi connectivity index (χ0n) is 9.88. The van der Waals surface area contributed by atoms with Gasteiger partial charge in [0.25, 0.3) is 0 Å². The molecule has 0 bridgehead atoms. The molecular formula is C13H19NO3. The lowest BCUT2D eigenvalue weighted by molar-refractivity contribution is -0.137. The van der Waals surface area contributed by atoms with Gasteiger partial charge in [0.15, 0.2) is 0 Å². The van der Waals surface area contributed by atoms with Gasteiger partial charge in [0.05, 0.1) is 0 Å². The number of para-hydroxylation sites is 1. The van der Waals surface area contributed by atoms with Crippen LogP contribution in [0.1, 0.15) is 19.3 Å². The Bertz CT molecular complexity index is 327. The Labute approximate surface area is 101 Å². The van der Waals surface area contributed by atoms with Crippen LogP contribution in [0.25, 0.3) is 0 Å². The van der Waals surface area contributed by atoms with Gasteiger partial charge < -0.3 is 15.1 Å². The van der Waals surface area contributed by atoms with Gasteiger partial charge in [-0.1, -0.05) is 18.2 Å². The molecule has 0 amide bonds. The minimum Gasteiger partial charge on any atom is -0.481 e. The lowest BCUT2D eigenvalue weighted by Gasteiger charge is -2.24. The molecule has 0 aliphatic rings. The van der Waals surface area contributed by atoms with Crippen molar-refractivity contribution in [2.24, 2.45) is 0 Å². The zero-order chi connectivity index (χ0) is 12.5. The molecule has 0 heterocycles. The van der Waals surface area contributed by atoms with Crippen LogP contribution in [0.4, 0.5) is 5.69 Å². The van der Waals surface area contributed by atoms with Gasteiger partial charge in [0.2, 0.25) is 0 Å². The third-order valence-electron chi connectivity index (χ3n) is 2.53. The smallest absolute Gasteiger partial charge is 0.303 e. The highest BCUT2D eigenvalue weighted by Gasteiger charge is 2.06. The van der Waals surface area contributed by atoms with E-state index in [-0.39, 0.29) is 13.0 Å².